The number of imidazole rings is 1. The smallest absolute Gasteiger partial charge is 0.223 e. The van der Waals surface area contributed by atoms with Gasteiger partial charge in [0.25, 0.3) is 0 Å². The Kier molecular flexibility index (Phi) is 7.48. The molecule has 0 fully saturated rings. The molecule has 0 aliphatic carbocycles. The molecule has 3 rings (SSSR count). The summed E-state index contributed by atoms with van der Waals surface area (Å²) in [4.78, 5) is 19.4. The maximum atomic E-state index is 13.0. The van der Waals surface area contributed by atoms with E-state index in [1.165, 1.54) is 5.56 Å². The van der Waals surface area contributed by atoms with Gasteiger partial charge < -0.3 is 9.47 Å². The zero-order valence-electron chi connectivity index (χ0n) is 17.1. The van der Waals surface area contributed by atoms with Crippen molar-refractivity contribution in [1.82, 2.24) is 14.5 Å². The minimum atomic E-state index is 0.167. The van der Waals surface area contributed by atoms with Crippen molar-refractivity contribution in [3.05, 3.63) is 89.0 Å². The lowest BCUT2D eigenvalue weighted by atomic mass is 10.1. The Morgan fingerprint density at radius 3 is 2.59 bits per heavy atom. The van der Waals surface area contributed by atoms with Crippen molar-refractivity contribution in [2.45, 2.75) is 39.8 Å². The van der Waals surface area contributed by atoms with Crippen LogP contribution in [0.15, 0.2) is 67.0 Å². The second-order valence-electron chi connectivity index (χ2n) is 7.75. The zero-order valence-corrected chi connectivity index (χ0v) is 17.8. The number of hydrogen-bond acceptors (Lipinski definition) is 2. The predicted octanol–water partition coefficient (Wildman–Crippen LogP) is 5.20. The molecule has 0 aliphatic rings. The molecule has 5 heteroatoms. The zero-order chi connectivity index (χ0) is 20.6. The summed E-state index contributed by atoms with van der Waals surface area (Å²) >= 11 is 6.12. The lowest BCUT2D eigenvalue weighted by molar-refractivity contribution is -0.132. The fourth-order valence-electron chi connectivity index (χ4n) is 3.39. The van der Waals surface area contributed by atoms with E-state index in [-0.39, 0.29) is 5.91 Å². The predicted molar refractivity (Wildman–Crippen MR) is 118 cm³/mol. The number of aromatic nitrogens is 2. The Balaban J connectivity index is 1.68. The van der Waals surface area contributed by atoms with E-state index in [1.54, 1.807) is 6.20 Å². The number of hydrogen-bond donors (Lipinski definition) is 0. The largest absolute Gasteiger partial charge is 0.335 e. The van der Waals surface area contributed by atoms with E-state index in [2.05, 4.69) is 35.5 Å². The monoisotopic (exact) mass is 409 g/mol. The lowest BCUT2D eigenvalue weighted by Crippen LogP contribution is -2.35. The summed E-state index contributed by atoms with van der Waals surface area (Å²) in [6.07, 6.45) is 5.01. The van der Waals surface area contributed by atoms with Gasteiger partial charge in [0.15, 0.2) is 0 Å². The standard InChI is InChI=1S/C24H28ClN3O/c1-19(2)16-28(24(29)12-11-20-7-4-3-5-8-20)18-23-26-13-14-27(23)17-21-9-6-10-22(25)15-21/h3-10,13-15,19H,11-12,16-18H2,1-2H3. The van der Waals surface area contributed by atoms with E-state index in [1.807, 2.05) is 53.6 Å². The number of carbonyl (C=O) groups is 1. The molecule has 1 heterocycles. The van der Waals surface area contributed by atoms with Gasteiger partial charge in [0.05, 0.1) is 6.54 Å². The van der Waals surface area contributed by atoms with E-state index in [0.717, 1.165) is 29.4 Å². The fourth-order valence-corrected chi connectivity index (χ4v) is 3.60. The van der Waals surface area contributed by atoms with Gasteiger partial charge in [-0.05, 0) is 35.6 Å². The highest BCUT2D eigenvalue weighted by Crippen LogP contribution is 2.15. The SMILES string of the molecule is CC(C)CN(Cc1nccn1Cc1cccc(Cl)c1)C(=O)CCc1ccccc1. The number of aryl methyl sites for hydroxylation is 1. The molecule has 0 unspecified atom stereocenters. The molecule has 3 aromatic rings. The van der Waals surface area contributed by atoms with Gasteiger partial charge >= 0.3 is 0 Å². The molecular weight excluding hydrogens is 382 g/mol. The first kappa shape index (κ1) is 21.1. The molecule has 0 radical (unpaired) electrons. The van der Waals surface area contributed by atoms with E-state index < -0.39 is 0 Å². The summed E-state index contributed by atoms with van der Waals surface area (Å²) in [6.45, 7) is 6.19. The third-order valence-corrected chi connectivity index (χ3v) is 5.02. The van der Waals surface area contributed by atoms with E-state index in [9.17, 15) is 4.79 Å². The van der Waals surface area contributed by atoms with Crippen molar-refractivity contribution in [1.29, 1.82) is 0 Å². The molecule has 0 atom stereocenters. The van der Waals surface area contributed by atoms with Gasteiger partial charge in [0, 0.05) is 36.9 Å². The van der Waals surface area contributed by atoms with Crippen LogP contribution in [0.1, 0.15) is 37.2 Å². The summed E-state index contributed by atoms with van der Waals surface area (Å²) in [5.74, 6) is 1.45. The van der Waals surface area contributed by atoms with E-state index in [4.69, 9.17) is 11.6 Å². The average Bonchev–Trinajstić information content (AvgIpc) is 3.12. The molecule has 0 spiro atoms. The molecule has 1 amide bonds. The third kappa shape index (κ3) is 6.47. The second kappa shape index (κ2) is 10.3. The van der Waals surface area contributed by atoms with Gasteiger partial charge in [-0.1, -0.05) is 67.9 Å². The van der Waals surface area contributed by atoms with Crippen LogP contribution >= 0.6 is 11.6 Å². The molecule has 0 saturated heterocycles. The molecule has 0 aliphatic heterocycles. The van der Waals surface area contributed by atoms with Crippen LogP contribution in [0.5, 0.6) is 0 Å². The summed E-state index contributed by atoms with van der Waals surface area (Å²) < 4.78 is 2.09. The molecule has 0 saturated carbocycles. The van der Waals surface area contributed by atoms with Crippen LogP contribution < -0.4 is 0 Å². The quantitative estimate of drug-likeness (QED) is 0.487. The van der Waals surface area contributed by atoms with Gasteiger partial charge in [-0.3, -0.25) is 4.79 Å². The molecule has 2 aromatic carbocycles. The highest BCUT2D eigenvalue weighted by Gasteiger charge is 2.18. The Hall–Kier alpha value is -2.59. The van der Waals surface area contributed by atoms with Gasteiger partial charge in [0.1, 0.15) is 5.82 Å². The molecule has 152 valence electrons. The van der Waals surface area contributed by atoms with Crippen LogP contribution in [-0.2, 0) is 24.3 Å². The Labute approximate surface area is 178 Å². The van der Waals surface area contributed by atoms with Crippen molar-refractivity contribution in [2.24, 2.45) is 5.92 Å². The van der Waals surface area contributed by atoms with Crippen LogP contribution in [0.25, 0.3) is 0 Å². The molecule has 1 aromatic heterocycles. The Morgan fingerprint density at radius 2 is 1.86 bits per heavy atom. The van der Waals surface area contributed by atoms with Gasteiger partial charge in [-0.2, -0.15) is 0 Å². The molecular formula is C24H28ClN3O. The highest BCUT2D eigenvalue weighted by atomic mass is 35.5. The first-order valence-electron chi connectivity index (χ1n) is 10.1. The van der Waals surface area contributed by atoms with Crippen LogP contribution in [0, 0.1) is 5.92 Å². The number of halogens is 1. The number of carbonyl (C=O) groups excluding carboxylic acids is 1. The fraction of sp³-hybridized carbons (Fsp3) is 0.333. The minimum absolute atomic E-state index is 0.167. The van der Waals surface area contributed by atoms with Gasteiger partial charge in [-0.15, -0.1) is 0 Å². The topological polar surface area (TPSA) is 38.1 Å². The lowest BCUT2D eigenvalue weighted by Gasteiger charge is -2.25. The van der Waals surface area contributed by atoms with Gasteiger partial charge in [-0.25, -0.2) is 4.98 Å². The molecule has 0 N–H and O–H groups in total. The van der Waals surface area contributed by atoms with E-state index >= 15 is 0 Å². The Morgan fingerprint density at radius 1 is 1.10 bits per heavy atom. The van der Waals surface area contributed by atoms with Gasteiger partial charge in [0.2, 0.25) is 5.91 Å². The molecule has 0 bridgehead atoms. The first-order valence-corrected chi connectivity index (χ1v) is 10.4. The van der Waals surface area contributed by atoms with Crippen LogP contribution in [0.2, 0.25) is 5.02 Å². The number of benzene rings is 2. The third-order valence-electron chi connectivity index (χ3n) is 4.78. The number of amides is 1. The summed E-state index contributed by atoms with van der Waals surface area (Å²) in [5, 5.41) is 0.724. The second-order valence-corrected chi connectivity index (χ2v) is 8.19. The van der Waals surface area contributed by atoms with Crippen molar-refractivity contribution >= 4 is 17.5 Å². The summed E-state index contributed by atoms with van der Waals surface area (Å²) in [6, 6.07) is 18.0. The maximum absolute atomic E-state index is 13.0. The van der Waals surface area contributed by atoms with Crippen molar-refractivity contribution < 1.29 is 4.79 Å². The van der Waals surface area contributed by atoms with Crippen molar-refractivity contribution in [3.8, 4) is 0 Å². The highest BCUT2D eigenvalue weighted by molar-refractivity contribution is 6.30. The van der Waals surface area contributed by atoms with Crippen LogP contribution in [0.3, 0.4) is 0 Å². The Bertz CT molecular complexity index is 921. The number of nitrogens with zero attached hydrogens (tertiary/aromatic N) is 3. The van der Waals surface area contributed by atoms with Crippen molar-refractivity contribution in [2.75, 3.05) is 6.54 Å². The van der Waals surface area contributed by atoms with Crippen LogP contribution in [-0.4, -0.2) is 26.9 Å². The summed E-state index contributed by atoms with van der Waals surface area (Å²) in [5.41, 5.74) is 2.30. The van der Waals surface area contributed by atoms with Crippen molar-refractivity contribution in [3.63, 3.8) is 0 Å². The van der Waals surface area contributed by atoms with Crippen LogP contribution in [0.4, 0.5) is 0 Å². The minimum Gasteiger partial charge on any atom is -0.335 e. The number of rotatable bonds is 9. The summed E-state index contributed by atoms with van der Waals surface area (Å²) in [7, 11) is 0. The normalized spacial score (nSPS) is 11.0. The molecule has 4 nitrogen and oxygen atoms in total. The average molecular weight is 410 g/mol. The van der Waals surface area contributed by atoms with E-state index in [0.29, 0.717) is 25.4 Å². The first-order chi connectivity index (χ1) is 14.0. The maximum Gasteiger partial charge on any atom is 0.223 e. The molecule has 29 heavy (non-hydrogen) atoms.